The highest BCUT2D eigenvalue weighted by molar-refractivity contribution is 8.00. The molecule has 2 rings (SSSR count). The number of benzene rings is 1. The molecule has 3 nitrogen and oxygen atoms in total. The molecule has 19 heavy (non-hydrogen) atoms. The molecule has 1 aromatic carbocycles. The fraction of sp³-hybridized carbons (Fsp3) is 0.533. The van der Waals surface area contributed by atoms with Crippen molar-refractivity contribution in [3.63, 3.8) is 0 Å². The Morgan fingerprint density at radius 3 is 2.74 bits per heavy atom. The second-order valence-electron chi connectivity index (χ2n) is 5.84. The van der Waals surface area contributed by atoms with Crippen molar-refractivity contribution in [1.29, 1.82) is 0 Å². The van der Waals surface area contributed by atoms with Gasteiger partial charge < -0.3 is 10.6 Å². The molecule has 2 N–H and O–H groups in total. The zero-order valence-corrected chi connectivity index (χ0v) is 12.9. The first-order valence-corrected chi connectivity index (χ1v) is 7.59. The molecule has 104 valence electrons. The van der Waals surface area contributed by atoms with Crippen LogP contribution in [0.3, 0.4) is 0 Å². The average Bonchev–Trinajstić information content (AvgIpc) is 2.59. The number of carbonyl (C=O) groups excluding carboxylic acids is 1. The summed E-state index contributed by atoms with van der Waals surface area (Å²) >= 11 is 1.82. The Morgan fingerprint density at radius 2 is 2.11 bits per heavy atom. The van der Waals surface area contributed by atoms with Gasteiger partial charge >= 0.3 is 0 Å². The normalized spacial score (nSPS) is 18.3. The predicted octanol–water partition coefficient (Wildman–Crippen LogP) is 3.57. The first-order chi connectivity index (χ1) is 8.90. The number of rotatable bonds is 4. The van der Waals surface area contributed by atoms with Crippen LogP contribution >= 0.6 is 11.8 Å². The molecule has 1 amide bonds. The molecule has 1 aliphatic rings. The quantitative estimate of drug-likeness (QED) is 0.827. The molecule has 1 heterocycles. The van der Waals surface area contributed by atoms with Crippen molar-refractivity contribution in [2.75, 3.05) is 11.9 Å². The van der Waals surface area contributed by atoms with Crippen molar-refractivity contribution in [1.82, 2.24) is 5.32 Å². The Bertz CT molecular complexity index is 480. The number of hydrogen-bond donors (Lipinski definition) is 2. The van der Waals surface area contributed by atoms with Crippen LogP contribution in [-0.4, -0.2) is 17.2 Å². The molecule has 0 bridgehead atoms. The second-order valence-corrected chi connectivity index (χ2v) is 7.74. The van der Waals surface area contributed by atoms with Gasteiger partial charge in [-0.05, 0) is 25.1 Å². The molecule has 0 aromatic heterocycles. The standard InChI is InChI=1S/C15H22N2OS/c1-5-8-16-13-11-7-6-10(19-15(2,3)4)9-12(11)17-14(13)18/h6-7,9,13,16H,5,8H2,1-4H3,(H,17,18). The van der Waals surface area contributed by atoms with E-state index in [1.54, 1.807) is 0 Å². The molecule has 0 radical (unpaired) electrons. The lowest BCUT2D eigenvalue weighted by atomic mass is 10.1. The SMILES string of the molecule is CCCNC1C(=O)Nc2cc(SC(C)(C)C)ccc21. The lowest BCUT2D eigenvalue weighted by Gasteiger charge is -2.18. The summed E-state index contributed by atoms with van der Waals surface area (Å²) in [6.45, 7) is 9.53. The van der Waals surface area contributed by atoms with Crippen molar-refractivity contribution < 1.29 is 4.79 Å². The van der Waals surface area contributed by atoms with Gasteiger partial charge in [0.05, 0.1) is 0 Å². The van der Waals surface area contributed by atoms with E-state index in [4.69, 9.17) is 0 Å². The number of fused-ring (bicyclic) bond motifs is 1. The summed E-state index contributed by atoms with van der Waals surface area (Å²) in [5.74, 6) is 0.0568. The summed E-state index contributed by atoms with van der Waals surface area (Å²) in [6.07, 6.45) is 1.02. The van der Waals surface area contributed by atoms with Crippen molar-refractivity contribution in [3.05, 3.63) is 23.8 Å². The molecule has 0 saturated carbocycles. The zero-order chi connectivity index (χ0) is 14.0. The summed E-state index contributed by atoms with van der Waals surface area (Å²) in [6, 6.07) is 6.06. The van der Waals surface area contributed by atoms with Crippen molar-refractivity contribution in [2.45, 2.75) is 49.8 Å². The van der Waals surface area contributed by atoms with Gasteiger partial charge in [-0.2, -0.15) is 0 Å². The van der Waals surface area contributed by atoms with E-state index >= 15 is 0 Å². The summed E-state index contributed by atoms with van der Waals surface area (Å²) in [4.78, 5) is 13.2. The minimum atomic E-state index is -0.191. The molecule has 1 aromatic rings. The average molecular weight is 278 g/mol. The van der Waals surface area contributed by atoms with E-state index in [9.17, 15) is 4.79 Å². The maximum Gasteiger partial charge on any atom is 0.246 e. The minimum absolute atomic E-state index is 0.0568. The fourth-order valence-electron chi connectivity index (χ4n) is 2.15. The minimum Gasteiger partial charge on any atom is -0.324 e. The zero-order valence-electron chi connectivity index (χ0n) is 12.0. The van der Waals surface area contributed by atoms with Crippen molar-refractivity contribution in [2.24, 2.45) is 0 Å². The molecule has 0 spiro atoms. The Hall–Kier alpha value is -1.00. The second kappa shape index (κ2) is 5.55. The van der Waals surface area contributed by atoms with E-state index in [0.29, 0.717) is 0 Å². The van der Waals surface area contributed by atoms with Crippen molar-refractivity contribution in [3.8, 4) is 0 Å². The molecular weight excluding hydrogens is 256 g/mol. The van der Waals surface area contributed by atoms with Crippen LogP contribution in [0, 0.1) is 0 Å². The molecule has 1 aliphatic heterocycles. The van der Waals surface area contributed by atoms with Crippen LogP contribution in [-0.2, 0) is 4.79 Å². The van der Waals surface area contributed by atoms with Gasteiger partial charge in [-0.3, -0.25) is 4.79 Å². The maximum absolute atomic E-state index is 12.0. The predicted molar refractivity (Wildman–Crippen MR) is 81.7 cm³/mol. The number of amides is 1. The van der Waals surface area contributed by atoms with E-state index in [2.05, 4.69) is 56.5 Å². The van der Waals surface area contributed by atoms with Crippen LogP contribution in [0.15, 0.2) is 23.1 Å². The smallest absolute Gasteiger partial charge is 0.246 e. The number of hydrogen-bond acceptors (Lipinski definition) is 3. The molecule has 1 atom stereocenters. The van der Waals surface area contributed by atoms with Crippen LogP contribution in [0.1, 0.15) is 45.7 Å². The lowest BCUT2D eigenvalue weighted by molar-refractivity contribution is -0.117. The molecule has 1 unspecified atom stereocenters. The summed E-state index contributed by atoms with van der Waals surface area (Å²) in [5, 5.41) is 6.25. The Labute approximate surface area is 119 Å². The van der Waals surface area contributed by atoms with E-state index in [1.165, 1.54) is 4.90 Å². The number of anilines is 1. The highest BCUT2D eigenvalue weighted by Gasteiger charge is 2.30. The van der Waals surface area contributed by atoms with Crippen LogP contribution in [0.25, 0.3) is 0 Å². The third-order valence-electron chi connectivity index (χ3n) is 2.88. The van der Waals surface area contributed by atoms with E-state index in [0.717, 1.165) is 24.2 Å². The molecule has 0 aliphatic carbocycles. The largest absolute Gasteiger partial charge is 0.324 e. The van der Waals surface area contributed by atoms with Gasteiger partial charge in [-0.15, -0.1) is 11.8 Å². The van der Waals surface area contributed by atoms with Crippen LogP contribution in [0.2, 0.25) is 0 Å². The van der Waals surface area contributed by atoms with E-state index < -0.39 is 0 Å². The van der Waals surface area contributed by atoms with Crippen molar-refractivity contribution >= 4 is 23.4 Å². The highest BCUT2D eigenvalue weighted by Crippen LogP contribution is 2.38. The topological polar surface area (TPSA) is 41.1 Å². The summed E-state index contributed by atoms with van der Waals surface area (Å²) in [7, 11) is 0. The molecule has 4 heteroatoms. The Morgan fingerprint density at radius 1 is 1.37 bits per heavy atom. The summed E-state index contributed by atoms with van der Waals surface area (Å²) in [5.41, 5.74) is 2.02. The molecule has 0 saturated heterocycles. The first kappa shape index (κ1) is 14.4. The number of carbonyl (C=O) groups is 1. The van der Waals surface area contributed by atoms with E-state index in [1.807, 2.05) is 11.8 Å². The van der Waals surface area contributed by atoms with Gasteiger partial charge in [0.2, 0.25) is 5.91 Å². The molecular formula is C15H22N2OS. The van der Waals surface area contributed by atoms with Crippen LogP contribution in [0.5, 0.6) is 0 Å². The number of nitrogens with one attached hydrogen (secondary N) is 2. The maximum atomic E-state index is 12.0. The van der Waals surface area contributed by atoms with Gasteiger partial charge in [0.25, 0.3) is 0 Å². The Balaban J connectivity index is 2.19. The van der Waals surface area contributed by atoms with Gasteiger partial charge in [0.1, 0.15) is 6.04 Å². The molecule has 0 fully saturated rings. The first-order valence-electron chi connectivity index (χ1n) is 6.78. The third kappa shape index (κ3) is 3.51. The monoisotopic (exact) mass is 278 g/mol. The fourth-order valence-corrected chi connectivity index (χ4v) is 3.17. The van der Waals surface area contributed by atoms with Gasteiger partial charge in [0.15, 0.2) is 0 Å². The van der Waals surface area contributed by atoms with Gasteiger partial charge in [0, 0.05) is 20.9 Å². The van der Waals surface area contributed by atoms with Crippen LogP contribution < -0.4 is 10.6 Å². The van der Waals surface area contributed by atoms with Gasteiger partial charge in [-0.25, -0.2) is 0 Å². The summed E-state index contributed by atoms with van der Waals surface area (Å²) < 4.78 is 0.177. The third-order valence-corrected chi connectivity index (χ3v) is 3.98. The Kier molecular flexibility index (Phi) is 4.21. The highest BCUT2D eigenvalue weighted by atomic mass is 32.2. The van der Waals surface area contributed by atoms with Crippen LogP contribution in [0.4, 0.5) is 5.69 Å². The van der Waals surface area contributed by atoms with Gasteiger partial charge in [-0.1, -0.05) is 33.8 Å². The lowest BCUT2D eigenvalue weighted by Crippen LogP contribution is -2.27. The van der Waals surface area contributed by atoms with E-state index in [-0.39, 0.29) is 16.7 Å². The number of thioether (sulfide) groups is 1.